The minimum absolute atomic E-state index is 0. The molecule has 3 nitrogen and oxygen atoms in total. The first kappa shape index (κ1) is 19.0. The molecule has 1 aliphatic rings. The van der Waals surface area contributed by atoms with Gasteiger partial charge in [0.1, 0.15) is 0 Å². The Morgan fingerprint density at radius 2 is 1.77 bits per heavy atom. The van der Waals surface area contributed by atoms with Crippen LogP contribution in [0.25, 0.3) is 0 Å². The highest BCUT2D eigenvalue weighted by Crippen LogP contribution is 2.34. The zero-order valence-electron chi connectivity index (χ0n) is 13.9. The molecule has 0 spiro atoms. The summed E-state index contributed by atoms with van der Waals surface area (Å²) in [6, 6.07) is 9.59. The fourth-order valence-corrected chi connectivity index (χ4v) is 3.16. The Hall–Kier alpha value is -1.06. The van der Waals surface area contributed by atoms with Crippen molar-refractivity contribution in [2.75, 3.05) is 13.1 Å². The Balaban J connectivity index is 0.00000242. The molecule has 1 aliphatic heterocycles. The van der Waals surface area contributed by atoms with Gasteiger partial charge < -0.3 is 10.6 Å². The third-order valence-electron chi connectivity index (χ3n) is 4.65. The highest BCUT2D eigenvalue weighted by atomic mass is 35.5. The Labute approximate surface area is 140 Å². The van der Waals surface area contributed by atoms with Gasteiger partial charge in [0.15, 0.2) is 0 Å². The Morgan fingerprint density at radius 1 is 1.23 bits per heavy atom. The average molecular weight is 325 g/mol. The minimum atomic E-state index is -0.418. The summed E-state index contributed by atoms with van der Waals surface area (Å²) in [5.41, 5.74) is 7.57. The van der Waals surface area contributed by atoms with Gasteiger partial charge in [0, 0.05) is 13.1 Å². The maximum absolute atomic E-state index is 12.5. The molecule has 4 heteroatoms. The number of nitrogens with two attached hydrogens (primary N) is 1. The second kappa shape index (κ2) is 7.98. The number of benzene rings is 1. The number of piperidine rings is 1. The largest absolute Gasteiger partial charge is 0.341 e. The molecule has 1 atom stereocenters. The van der Waals surface area contributed by atoms with Crippen molar-refractivity contribution in [1.82, 2.24) is 4.90 Å². The molecule has 1 saturated heterocycles. The summed E-state index contributed by atoms with van der Waals surface area (Å²) in [7, 11) is 0. The lowest BCUT2D eigenvalue weighted by Gasteiger charge is -2.39. The van der Waals surface area contributed by atoms with Gasteiger partial charge in [-0.3, -0.25) is 4.79 Å². The van der Waals surface area contributed by atoms with E-state index in [-0.39, 0.29) is 18.3 Å². The van der Waals surface area contributed by atoms with Gasteiger partial charge in [0.2, 0.25) is 5.91 Å². The van der Waals surface area contributed by atoms with Crippen molar-refractivity contribution in [3.05, 3.63) is 35.9 Å². The molecule has 22 heavy (non-hydrogen) atoms. The van der Waals surface area contributed by atoms with Crippen LogP contribution in [0.5, 0.6) is 0 Å². The number of carbonyl (C=O) groups excluding carboxylic acids is 1. The third kappa shape index (κ3) is 4.99. The maximum atomic E-state index is 12.5. The monoisotopic (exact) mass is 324 g/mol. The van der Waals surface area contributed by atoms with E-state index in [0.29, 0.717) is 17.8 Å². The van der Waals surface area contributed by atoms with Gasteiger partial charge in [-0.25, -0.2) is 0 Å². The number of hydrogen-bond donors (Lipinski definition) is 1. The molecule has 1 aromatic carbocycles. The van der Waals surface area contributed by atoms with Crippen molar-refractivity contribution in [2.24, 2.45) is 17.1 Å². The first-order chi connectivity index (χ1) is 9.88. The first-order valence-corrected chi connectivity index (χ1v) is 7.96. The van der Waals surface area contributed by atoms with Crippen molar-refractivity contribution < 1.29 is 4.79 Å². The van der Waals surface area contributed by atoms with E-state index in [4.69, 9.17) is 5.73 Å². The van der Waals surface area contributed by atoms with Crippen LogP contribution in [0, 0.1) is 11.3 Å². The molecule has 1 aromatic rings. The first-order valence-electron chi connectivity index (χ1n) is 7.96. The standard InChI is InChI=1S/C18H28N2O.ClH/c1-18(2,3)15-9-11-20(12-10-15)17(21)16(19)13-14-7-5-4-6-8-14;/h4-8,15-16H,9-13,19H2,1-3H3;1H. The van der Waals surface area contributed by atoms with E-state index in [0.717, 1.165) is 31.5 Å². The van der Waals surface area contributed by atoms with Crippen LogP contribution in [-0.2, 0) is 11.2 Å². The van der Waals surface area contributed by atoms with E-state index in [1.807, 2.05) is 35.2 Å². The molecule has 1 unspecified atom stereocenters. The van der Waals surface area contributed by atoms with Gasteiger partial charge in [-0.05, 0) is 36.2 Å². The van der Waals surface area contributed by atoms with Gasteiger partial charge in [-0.15, -0.1) is 12.4 Å². The van der Waals surface area contributed by atoms with E-state index in [2.05, 4.69) is 20.8 Å². The van der Waals surface area contributed by atoms with Gasteiger partial charge in [-0.1, -0.05) is 51.1 Å². The second-order valence-corrected chi connectivity index (χ2v) is 7.26. The van der Waals surface area contributed by atoms with Crippen LogP contribution in [0.1, 0.15) is 39.2 Å². The molecule has 1 fully saturated rings. The number of amides is 1. The van der Waals surface area contributed by atoms with Gasteiger partial charge in [-0.2, -0.15) is 0 Å². The highest BCUT2D eigenvalue weighted by Gasteiger charge is 2.31. The van der Waals surface area contributed by atoms with Gasteiger partial charge in [0.05, 0.1) is 6.04 Å². The fourth-order valence-electron chi connectivity index (χ4n) is 3.16. The second-order valence-electron chi connectivity index (χ2n) is 7.26. The number of likely N-dealkylation sites (tertiary alicyclic amines) is 1. The molecular weight excluding hydrogens is 296 g/mol. The predicted octanol–water partition coefficient (Wildman–Crippen LogP) is 3.26. The number of nitrogens with zero attached hydrogens (tertiary/aromatic N) is 1. The normalized spacial score (nSPS) is 17.7. The van der Waals surface area contributed by atoms with Crippen LogP contribution in [-0.4, -0.2) is 29.9 Å². The summed E-state index contributed by atoms with van der Waals surface area (Å²) in [4.78, 5) is 14.4. The Kier molecular flexibility index (Phi) is 6.89. The van der Waals surface area contributed by atoms with E-state index < -0.39 is 6.04 Å². The molecule has 0 aliphatic carbocycles. The van der Waals surface area contributed by atoms with Crippen molar-refractivity contribution in [3.8, 4) is 0 Å². The summed E-state index contributed by atoms with van der Waals surface area (Å²) in [5.74, 6) is 0.804. The molecule has 2 N–H and O–H groups in total. The van der Waals surface area contributed by atoms with Crippen LogP contribution in [0.3, 0.4) is 0 Å². The topological polar surface area (TPSA) is 46.3 Å². The third-order valence-corrected chi connectivity index (χ3v) is 4.65. The number of hydrogen-bond acceptors (Lipinski definition) is 2. The van der Waals surface area contributed by atoms with Crippen LogP contribution < -0.4 is 5.73 Å². The van der Waals surface area contributed by atoms with Crippen molar-refractivity contribution in [3.63, 3.8) is 0 Å². The highest BCUT2D eigenvalue weighted by molar-refractivity contribution is 5.85. The van der Waals surface area contributed by atoms with Crippen LogP contribution in [0.2, 0.25) is 0 Å². The quantitative estimate of drug-likeness (QED) is 0.927. The summed E-state index contributed by atoms with van der Waals surface area (Å²) >= 11 is 0. The summed E-state index contributed by atoms with van der Waals surface area (Å²) in [6.45, 7) is 8.56. The molecule has 124 valence electrons. The van der Waals surface area contributed by atoms with Crippen LogP contribution in [0.15, 0.2) is 30.3 Å². The summed E-state index contributed by atoms with van der Waals surface area (Å²) < 4.78 is 0. The molecule has 0 radical (unpaired) electrons. The molecule has 0 aromatic heterocycles. The Morgan fingerprint density at radius 3 is 2.27 bits per heavy atom. The predicted molar refractivity (Wildman–Crippen MR) is 94.1 cm³/mol. The van der Waals surface area contributed by atoms with Crippen molar-refractivity contribution in [1.29, 1.82) is 0 Å². The summed E-state index contributed by atoms with van der Waals surface area (Å²) in [6.07, 6.45) is 2.81. The molecule has 1 heterocycles. The minimum Gasteiger partial charge on any atom is -0.341 e. The van der Waals surface area contributed by atoms with Crippen molar-refractivity contribution in [2.45, 2.75) is 46.1 Å². The molecular formula is C18H29ClN2O. The van der Waals surface area contributed by atoms with Gasteiger partial charge in [0.25, 0.3) is 0 Å². The molecule has 0 saturated carbocycles. The van der Waals surface area contributed by atoms with E-state index >= 15 is 0 Å². The van der Waals surface area contributed by atoms with Crippen LogP contribution >= 0.6 is 12.4 Å². The Bertz CT molecular complexity index is 462. The number of halogens is 1. The molecule has 1 amide bonds. The fraction of sp³-hybridized carbons (Fsp3) is 0.611. The van der Waals surface area contributed by atoms with E-state index in [1.165, 1.54) is 0 Å². The van der Waals surface area contributed by atoms with E-state index in [1.54, 1.807) is 0 Å². The zero-order chi connectivity index (χ0) is 15.5. The maximum Gasteiger partial charge on any atom is 0.239 e. The SMILES string of the molecule is CC(C)(C)C1CCN(C(=O)C(N)Cc2ccccc2)CC1.Cl. The average Bonchev–Trinajstić information content (AvgIpc) is 2.46. The lowest BCUT2D eigenvalue weighted by Crippen LogP contribution is -2.49. The van der Waals surface area contributed by atoms with Crippen molar-refractivity contribution >= 4 is 18.3 Å². The van der Waals surface area contributed by atoms with Gasteiger partial charge >= 0.3 is 0 Å². The lowest BCUT2D eigenvalue weighted by atomic mass is 9.75. The number of carbonyl (C=O) groups is 1. The summed E-state index contributed by atoms with van der Waals surface area (Å²) in [5, 5.41) is 0. The smallest absolute Gasteiger partial charge is 0.239 e. The zero-order valence-corrected chi connectivity index (χ0v) is 14.7. The van der Waals surface area contributed by atoms with Crippen LogP contribution in [0.4, 0.5) is 0 Å². The van der Waals surface area contributed by atoms with E-state index in [9.17, 15) is 4.79 Å². The number of rotatable bonds is 3. The lowest BCUT2D eigenvalue weighted by molar-refractivity contribution is -0.134. The molecule has 2 rings (SSSR count). The molecule has 0 bridgehead atoms.